The zero-order valence-electron chi connectivity index (χ0n) is 20.7. The second-order valence-corrected chi connectivity index (χ2v) is 11.9. The summed E-state index contributed by atoms with van der Waals surface area (Å²) in [5.41, 5.74) is 4.27. The van der Waals surface area contributed by atoms with E-state index in [0.29, 0.717) is 24.0 Å². The molecule has 6 nitrogen and oxygen atoms in total. The summed E-state index contributed by atoms with van der Waals surface area (Å²) in [5, 5.41) is 32.5. The van der Waals surface area contributed by atoms with E-state index in [0.717, 1.165) is 24.0 Å². The molecule has 2 aromatic carbocycles. The largest absolute Gasteiger partial charge is 0.507 e. The van der Waals surface area contributed by atoms with Gasteiger partial charge in [-0.3, -0.25) is 4.31 Å². The topological polar surface area (TPSA) is 98.1 Å². The SMILES string of the molecule is C=C(C)[C@@H]1CCC(C)=C[C@H]1c1c(O)cc2c(c1O)[C@H](CCO)CCN2S(=O)(=O)c1ccc(C)cc1. The summed E-state index contributed by atoms with van der Waals surface area (Å²) in [7, 11) is -3.91. The van der Waals surface area contributed by atoms with Gasteiger partial charge in [-0.2, -0.15) is 0 Å². The molecule has 0 bridgehead atoms. The van der Waals surface area contributed by atoms with E-state index in [1.165, 1.54) is 15.9 Å². The van der Waals surface area contributed by atoms with Crippen molar-refractivity contribution in [3.8, 4) is 11.5 Å². The van der Waals surface area contributed by atoms with E-state index in [1.807, 2.05) is 20.8 Å². The molecule has 0 amide bonds. The van der Waals surface area contributed by atoms with Gasteiger partial charge in [-0.1, -0.05) is 41.5 Å². The van der Waals surface area contributed by atoms with Crippen molar-refractivity contribution in [2.24, 2.45) is 5.92 Å². The summed E-state index contributed by atoms with van der Waals surface area (Å²) in [6.45, 7) is 10.2. The molecule has 0 unspecified atom stereocenters. The number of benzene rings is 2. The molecule has 0 fully saturated rings. The second-order valence-electron chi connectivity index (χ2n) is 10.0. The van der Waals surface area contributed by atoms with Gasteiger partial charge < -0.3 is 15.3 Å². The standard InChI is InChI=1S/C28H35NO5S/c1-17(2)22-10-7-19(4)15-23(22)27-25(31)16-24-26(28(27)32)20(12-14-30)11-13-29(24)35(33,34)21-8-5-18(3)6-9-21/h5-6,8-9,15-16,20,22-23,30-32H,1,7,10-14H2,2-4H3/t20-,22-,23+/m0/s1. The van der Waals surface area contributed by atoms with E-state index in [4.69, 9.17) is 0 Å². The molecule has 3 N–H and O–H groups in total. The Bertz CT molecular complexity index is 1260. The number of rotatable bonds is 6. The summed E-state index contributed by atoms with van der Waals surface area (Å²) < 4.78 is 28.5. The number of sulfonamides is 1. The van der Waals surface area contributed by atoms with Crippen molar-refractivity contribution in [2.75, 3.05) is 17.5 Å². The first-order valence-electron chi connectivity index (χ1n) is 12.2. The van der Waals surface area contributed by atoms with Crippen LogP contribution in [0.15, 0.2) is 59.0 Å². The van der Waals surface area contributed by atoms with Gasteiger partial charge in [0, 0.05) is 36.3 Å². The molecule has 7 heteroatoms. The molecule has 188 valence electrons. The number of aryl methyl sites for hydroxylation is 1. The first-order chi connectivity index (χ1) is 16.6. The minimum absolute atomic E-state index is 0.0563. The van der Waals surface area contributed by atoms with Crippen LogP contribution in [-0.4, -0.2) is 36.9 Å². The van der Waals surface area contributed by atoms with Crippen LogP contribution in [0.25, 0.3) is 0 Å². The quantitative estimate of drug-likeness (QED) is 0.459. The highest BCUT2D eigenvalue weighted by molar-refractivity contribution is 7.92. The Morgan fingerprint density at radius 2 is 1.80 bits per heavy atom. The van der Waals surface area contributed by atoms with Crippen LogP contribution >= 0.6 is 0 Å². The molecule has 35 heavy (non-hydrogen) atoms. The van der Waals surface area contributed by atoms with Gasteiger partial charge in [-0.15, -0.1) is 0 Å². The van der Waals surface area contributed by atoms with Gasteiger partial charge in [-0.25, -0.2) is 8.42 Å². The third-order valence-corrected chi connectivity index (χ3v) is 9.32. The van der Waals surface area contributed by atoms with Crippen molar-refractivity contribution < 1.29 is 23.7 Å². The van der Waals surface area contributed by atoms with E-state index < -0.39 is 10.0 Å². The predicted octanol–water partition coefficient (Wildman–Crippen LogP) is 5.49. The Morgan fingerprint density at radius 3 is 2.43 bits per heavy atom. The Morgan fingerprint density at radius 1 is 1.11 bits per heavy atom. The van der Waals surface area contributed by atoms with Crippen molar-refractivity contribution in [1.29, 1.82) is 0 Å². The Balaban J connectivity index is 1.91. The Kier molecular flexibility index (Phi) is 7.02. The van der Waals surface area contributed by atoms with Gasteiger partial charge in [0.05, 0.1) is 10.6 Å². The second kappa shape index (κ2) is 9.70. The maximum Gasteiger partial charge on any atom is 0.264 e. The predicted molar refractivity (Wildman–Crippen MR) is 139 cm³/mol. The highest BCUT2D eigenvalue weighted by Gasteiger charge is 2.39. The highest BCUT2D eigenvalue weighted by atomic mass is 32.2. The van der Waals surface area contributed by atoms with E-state index in [1.54, 1.807) is 24.3 Å². The molecule has 2 aliphatic rings. The number of allylic oxidation sites excluding steroid dienone is 3. The van der Waals surface area contributed by atoms with Crippen LogP contribution in [0.1, 0.15) is 68.1 Å². The fourth-order valence-corrected chi connectivity index (χ4v) is 7.08. The Hall–Kier alpha value is -2.77. The van der Waals surface area contributed by atoms with Gasteiger partial charge in [0.25, 0.3) is 10.0 Å². The number of phenolic OH excluding ortho intramolecular Hbond substituents is 2. The maximum atomic E-state index is 13.6. The average molecular weight is 498 g/mol. The van der Waals surface area contributed by atoms with Crippen LogP contribution in [0.5, 0.6) is 11.5 Å². The van der Waals surface area contributed by atoms with Gasteiger partial charge in [-0.05, 0) is 70.4 Å². The van der Waals surface area contributed by atoms with Crippen molar-refractivity contribution in [3.05, 3.63) is 70.8 Å². The van der Waals surface area contributed by atoms with Crippen LogP contribution in [0.2, 0.25) is 0 Å². The van der Waals surface area contributed by atoms with Gasteiger partial charge in [0.15, 0.2) is 0 Å². The van der Waals surface area contributed by atoms with E-state index in [2.05, 4.69) is 12.7 Å². The lowest BCUT2D eigenvalue weighted by molar-refractivity contribution is 0.270. The molecule has 0 radical (unpaired) electrons. The van der Waals surface area contributed by atoms with Crippen LogP contribution < -0.4 is 4.31 Å². The van der Waals surface area contributed by atoms with Crippen LogP contribution in [-0.2, 0) is 10.0 Å². The first kappa shape index (κ1) is 25.3. The molecular formula is C28H35NO5S. The number of fused-ring (bicyclic) bond motifs is 1. The molecule has 0 saturated carbocycles. The smallest absolute Gasteiger partial charge is 0.264 e. The van der Waals surface area contributed by atoms with Gasteiger partial charge in [0.2, 0.25) is 0 Å². The first-order valence-corrected chi connectivity index (χ1v) is 13.6. The normalized spacial score (nSPS) is 22.5. The highest BCUT2D eigenvalue weighted by Crippen LogP contribution is 2.53. The summed E-state index contributed by atoms with van der Waals surface area (Å²) in [6.07, 6.45) is 4.73. The van der Waals surface area contributed by atoms with E-state index >= 15 is 0 Å². The van der Waals surface area contributed by atoms with Crippen LogP contribution in [0, 0.1) is 12.8 Å². The van der Waals surface area contributed by atoms with Gasteiger partial charge in [0.1, 0.15) is 11.5 Å². The number of nitrogens with zero attached hydrogens (tertiary/aromatic N) is 1. The third-order valence-electron chi connectivity index (χ3n) is 7.49. The summed E-state index contributed by atoms with van der Waals surface area (Å²) in [4.78, 5) is 0.158. The zero-order valence-corrected chi connectivity index (χ0v) is 21.5. The number of hydrogen-bond donors (Lipinski definition) is 3. The fraction of sp³-hybridized carbons (Fsp3) is 0.429. The minimum atomic E-state index is -3.91. The molecule has 0 aromatic heterocycles. The van der Waals surface area contributed by atoms with E-state index in [9.17, 15) is 23.7 Å². The third kappa shape index (κ3) is 4.59. The van der Waals surface area contributed by atoms with Crippen molar-refractivity contribution in [3.63, 3.8) is 0 Å². The lowest BCUT2D eigenvalue weighted by Crippen LogP contribution is -2.37. The molecule has 1 heterocycles. The van der Waals surface area contributed by atoms with Gasteiger partial charge >= 0.3 is 0 Å². The van der Waals surface area contributed by atoms with E-state index in [-0.39, 0.29) is 53.0 Å². The lowest BCUT2D eigenvalue weighted by atomic mass is 9.72. The Labute approximate surface area is 208 Å². The molecule has 1 aliphatic heterocycles. The summed E-state index contributed by atoms with van der Waals surface area (Å²) >= 11 is 0. The number of aromatic hydroxyl groups is 2. The van der Waals surface area contributed by atoms with Crippen molar-refractivity contribution >= 4 is 15.7 Å². The number of hydrogen-bond acceptors (Lipinski definition) is 5. The van der Waals surface area contributed by atoms with Crippen LogP contribution in [0.3, 0.4) is 0 Å². The molecule has 2 aromatic rings. The lowest BCUT2D eigenvalue weighted by Gasteiger charge is -2.38. The molecule has 4 rings (SSSR count). The number of phenols is 2. The van der Waals surface area contributed by atoms with Crippen molar-refractivity contribution in [1.82, 2.24) is 0 Å². The van der Waals surface area contributed by atoms with Crippen molar-refractivity contribution in [2.45, 2.75) is 63.2 Å². The number of aliphatic hydroxyl groups excluding tert-OH is 1. The average Bonchev–Trinajstić information content (AvgIpc) is 2.79. The molecular weight excluding hydrogens is 462 g/mol. The number of anilines is 1. The fourth-order valence-electron chi connectivity index (χ4n) is 5.59. The molecule has 0 saturated heterocycles. The zero-order chi connectivity index (χ0) is 25.5. The minimum Gasteiger partial charge on any atom is -0.507 e. The molecule has 1 aliphatic carbocycles. The summed E-state index contributed by atoms with van der Waals surface area (Å²) in [6, 6.07) is 8.13. The molecule has 0 spiro atoms. The summed E-state index contributed by atoms with van der Waals surface area (Å²) in [5.74, 6) is -0.636. The molecule has 3 atom stereocenters. The monoisotopic (exact) mass is 497 g/mol. The van der Waals surface area contributed by atoms with Crippen LogP contribution in [0.4, 0.5) is 5.69 Å². The number of aliphatic hydroxyl groups is 1. The maximum absolute atomic E-state index is 13.6.